The number of hydrogen-bond acceptors (Lipinski definition) is 6. The monoisotopic (exact) mass is 370 g/mol. The normalized spacial score (nSPS) is 18.7. The zero-order valence-electron chi connectivity index (χ0n) is 13.8. The van der Waals surface area contributed by atoms with Crippen molar-refractivity contribution in [2.75, 3.05) is 7.11 Å². The van der Waals surface area contributed by atoms with Crippen molar-refractivity contribution in [3.63, 3.8) is 0 Å². The Morgan fingerprint density at radius 3 is 1.38 bits per heavy atom. The van der Waals surface area contributed by atoms with Gasteiger partial charge in [-0.2, -0.15) is 0 Å². The predicted molar refractivity (Wildman–Crippen MR) is 95.9 cm³/mol. The van der Waals surface area contributed by atoms with Crippen molar-refractivity contribution in [1.29, 1.82) is 0 Å². The van der Waals surface area contributed by atoms with Crippen LogP contribution in [0.1, 0.15) is 0 Å². The predicted octanol–water partition coefficient (Wildman–Crippen LogP) is 5.15. The van der Waals surface area contributed by atoms with Gasteiger partial charge in [0.1, 0.15) is 0 Å². The molecule has 132 valence electrons. The van der Waals surface area contributed by atoms with Crippen LogP contribution in [-0.2, 0) is 0 Å². The molecule has 2 heterocycles. The maximum absolute atomic E-state index is 6.22. The van der Waals surface area contributed by atoms with Crippen LogP contribution in [-0.4, -0.2) is 7.11 Å². The van der Waals surface area contributed by atoms with Crippen molar-refractivity contribution in [2.45, 2.75) is 0 Å². The van der Waals surface area contributed by atoms with Gasteiger partial charge in [-0.15, -0.1) is 0 Å². The quantitative estimate of drug-likeness (QED) is 0.595. The summed E-state index contributed by atoms with van der Waals surface area (Å²) in [6.45, 7) is 0. The Morgan fingerprint density at radius 2 is 0.962 bits per heavy atom. The van der Waals surface area contributed by atoms with Gasteiger partial charge in [-0.05, 0) is 0 Å². The molecule has 0 aromatic heterocycles. The third kappa shape index (κ3) is 2.16. The van der Waals surface area contributed by atoms with Crippen LogP contribution in [0.5, 0.6) is 34.5 Å². The van der Waals surface area contributed by atoms with Gasteiger partial charge in [0.05, 0.1) is 0 Å². The van der Waals surface area contributed by atoms with E-state index < -0.39 is 7.74 Å². The molecule has 3 aromatic rings. The SMILES string of the molecule is COc1ccccc1OP12(Oc3ccccc3O1)Oc1ccccc1O2. The fraction of sp³-hybridized carbons (Fsp3) is 0.0526. The maximum atomic E-state index is 6.22. The summed E-state index contributed by atoms with van der Waals surface area (Å²) in [5.74, 6) is 2.88. The van der Waals surface area contributed by atoms with Crippen molar-refractivity contribution >= 4 is 7.74 Å². The molecule has 3 aromatic carbocycles. The van der Waals surface area contributed by atoms with Gasteiger partial charge in [0.25, 0.3) is 0 Å². The van der Waals surface area contributed by atoms with Gasteiger partial charge in [0.15, 0.2) is 0 Å². The summed E-state index contributed by atoms with van der Waals surface area (Å²) >= 11 is 0. The summed E-state index contributed by atoms with van der Waals surface area (Å²) in [6, 6.07) is 21.6. The van der Waals surface area contributed by atoms with Gasteiger partial charge < -0.3 is 0 Å². The van der Waals surface area contributed by atoms with Gasteiger partial charge in [-0.3, -0.25) is 0 Å². The van der Waals surface area contributed by atoms with Crippen LogP contribution in [0.4, 0.5) is 0 Å². The van der Waals surface area contributed by atoms with Gasteiger partial charge >= 0.3 is 149 Å². The summed E-state index contributed by atoms with van der Waals surface area (Å²) in [5, 5.41) is 0. The fourth-order valence-electron chi connectivity index (χ4n) is 2.89. The van der Waals surface area contributed by atoms with Crippen molar-refractivity contribution < 1.29 is 27.4 Å². The number of para-hydroxylation sites is 6. The summed E-state index contributed by atoms with van der Waals surface area (Å²) in [6.07, 6.45) is 0. The van der Waals surface area contributed by atoms with Crippen molar-refractivity contribution in [3.8, 4) is 34.5 Å². The van der Waals surface area contributed by atoms with E-state index in [0.29, 0.717) is 34.5 Å². The molecule has 0 aliphatic carbocycles. The third-order valence-corrected chi connectivity index (χ3v) is 6.48. The molecule has 0 fully saturated rings. The molecular weight excluding hydrogens is 355 g/mol. The molecule has 26 heavy (non-hydrogen) atoms. The standard InChI is InChI=1S/C19H15O6P/c1-20-14-8-2-3-9-15(14)21-26(22-16-10-4-5-11-17(16)23-26)24-18-12-6-7-13-19(18)25-26/h2-13H,1H3. The molecule has 7 heteroatoms. The second-order valence-corrected chi connectivity index (χ2v) is 8.15. The molecule has 0 unspecified atom stereocenters. The second kappa shape index (κ2) is 5.19. The molecule has 0 saturated carbocycles. The minimum absolute atomic E-state index is 0.397. The molecule has 1 spiro atoms. The molecule has 2 aliphatic rings. The molecule has 6 nitrogen and oxygen atoms in total. The number of benzene rings is 3. The number of methoxy groups -OCH3 is 1. The number of rotatable bonds is 3. The molecule has 5 rings (SSSR count). The van der Waals surface area contributed by atoms with Crippen molar-refractivity contribution in [1.82, 2.24) is 0 Å². The Bertz CT molecular complexity index is 892. The molecule has 2 aliphatic heterocycles. The molecule has 0 radical (unpaired) electrons. The first-order valence-electron chi connectivity index (χ1n) is 8.03. The topological polar surface area (TPSA) is 55.4 Å². The van der Waals surface area contributed by atoms with Crippen LogP contribution in [0.2, 0.25) is 0 Å². The Balaban J connectivity index is 1.64. The minimum atomic E-state index is -4.50. The Hall–Kier alpha value is -3.11. The summed E-state index contributed by atoms with van der Waals surface area (Å²) in [5.41, 5.74) is 0. The van der Waals surface area contributed by atoms with E-state index in [9.17, 15) is 0 Å². The summed E-state index contributed by atoms with van der Waals surface area (Å²) in [7, 11) is -2.94. The summed E-state index contributed by atoms with van der Waals surface area (Å²) < 4.78 is 36.1. The summed E-state index contributed by atoms with van der Waals surface area (Å²) in [4.78, 5) is 0. The first-order valence-corrected chi connectivity index (χ1v) is 9.85. The van der Waals surface area contributed by atoms with Crippen LogP contribution in [0.15, 0.2) is 72.8 Å². The third-order valence-electron chi connectivity index (χ3n) is 4.00. The molecule has 0 atom stereocenters. The first-order chi connectivity index (χ1) is 12.7. The Kier molecular flexibility index (Phi) is 3.03. The average molecular weight is 370 g/mol. The van der Waals surface area contributed by atoms with Crippen LogP contribution in [0.25, 0.3) is 0 Å². The van der Waals surface area contributed by atoms with Crippen LogP contribution >= 0.6 is 7.74 Å². The molecule has 0 amide bonds. The van der Waals surface area contributed by atoms with E-state index in [1.807, 2.05) is 36.4 Å². The van der Waals surface area contributed by atoms with E-state index in [2.05, 4.69) is 0 Å². The van der Waals surface area contributed by atoms with Crippen LogP contribution in [0.3, 0.4) is 0 Å². The van der Waals surface area contributed by atoms with E-state index in [4.69, 9.17) is 27.4 Å². The number of fused-ring (bicyclic) bond motifs is 2. The Labute approximate surface area is 150 Å². The molecule has 0 bridgehead atoms. The van der Waals surface area contributed by atoms with Crippen LogP contribution in [0, 0.1) is 0 Å². The first kappa shape index (κ1) is 15.2. The van der Waals surface area contributed by atoms with Crippen molar-refractivity contribution in [3.05, 3.63) is 72.8 Å². The van der Waals surface area contributed by atoms with Gasteiger partial charge in [0.2, 0.25) is 0 Å². The average Bonchev–Trinajstić information content (AvgIpc) is 3.15. The van der Waals surface area contributed by atoms with Gasteiger partial charge in [0, 0.05) is 0 Å². The van der Waals surface area contributed by atoms with Crippen LogP contribution < -0.4 is 27.4 Å². The Morgan fingerprint density at radius 1 is 0.577 bits per heavy atom. The van der Waals surface area contributed by atoms with E-state index in [-0.39, 0.29) is 0 Å². The molecular formula is C19H15O6P. The van der Waals surface area contributed by atoms with Gasteiger partial charge in [-0.25, -0.2) is 0 Å². The van der Waals surface area contributed by atoms with E-state index >= 15 is 0 Å². The van der Waals surface area contributed by atoms with E-state index in [1.54, 1.807) is 43.5 Å². The van der Waals surface area contributed by atoms with E-state index in [1.165, 1.54) is 0 Å². The molecule has 0 N–H and O–H groups in total. The zero-order chi connectivity index (χ0) is 17.6. The number of hydrogen-bond donors (Lipinski definition) is 0. The second-order valence-electron chi connectivity index (χ2n) is 5.75. The van der Waals surface area contributed by atoms with Crippen molar-refractivity contribution in [2.24, 2.45) is 0 Å². The number of ether oxygens (including phenoxy) is 1. The zero-order valence-corrected chi connectivity index (χ0v) is 14.7. The molecule has 0 saturated heterocycles. The van der Waals surface area contributed by atoms with E-state index in [0.717, 1.165) is 0 Å². The fourth-order valence-corrected chi connectivity index (χ4v) is 5.62. The van der Waals surface area contributed by atoms with Gasteiger partial charge in [-0.1, -0.05) is 0 Å².